The van der Waals surface area contributed by atoms with Gasteiger partial charge in [0.2, 0.25) is 0 Å². The van der Waals surface area contributed by atoms with Crippen LogP contribution in [0.1, 0.15) is 15.4 Å². The van der Waals surface area contributed by atoms with Gasteiger partial charge in [0.1, 0.15) is 10.5 Å². The smallest absolute Gasteiger partial charge is 0.352 e. The Labute approximate surface area is 78.0 Å². The molecular formula is C9H5NO2S. The number of fused-ring (bicyclic) bond motifs is 1. The van der Waals surface area contributed by atoms with Gasteiger partial charge in [-0.25, -0.2) is 4.79 Å². The van der Waals surface area contributed by atoms with Crippen LogP contribution in [0.4, 0.5) is 0 Å². The number of carbonyl (C=O) groups is 1. The topological polar surface area (TPSA) is 53.1 Å². The lowest BCUT2D eigenvalue weighted by molar-refractivity contribution is 0.0691. The maximum Gasteiger partial charge on any atom is 0.352 e. The normalized spacial score (nSPS) is 10.1. The third-order valence-corrected chi connectivity index (χ3v) is 2.68. The minimum absolute atomic E-state index is 0.199. The zero-order chi connectivity index (χ0) is 9.42. The van der Waals surface area contributed by atoms with Crippen LogP contribution in [-0.4, -0.2) is 16.1 Å². The van der Waals surface area contributed by atoms with Crippen molar-refractivity contribution in [2.45, 2.75) is 0 Å². The molecule has 2 rings (SSSR count). The maximum absolute atomic E-state index is 10.6. The van der Waals surface area contributed by atoms with Gasteiger partial charge in [0.05, 0.1) is 4.88 Å². The fourth-order valence-corrected chi connectivity index (χ4v) is 1.97. The van der Waals surface area contributed by atoms with Gasteiger partial charge >= 0.3 is 5.97 Å². The highest BCUT2D eigenvalue weighted by molar-refractivity contribution is 7.19. The van der Waals surface area contributed by atoms with E-state index in [-0.39, 0.29) is 5.69 Å². The highest BCUT2D eigenvalue weighted by Crippen LogP contribution is 2.25. The zero-order valence-corrected chi connectivity index (χ0v) is 7.31. The number of carboxylic acid groups (broad SMARTS) is 1. The Bertz CT molecular complexity index is 484. The summed E-state index contributed by atoms with van der Waals surface area (Å²) in [6, 6.07) is 3.37. The molecule has 4 heteroatoms. The first-order valence-electron chi connectivity index (χ1n) is 3.53. The van der Waals surface area contributed by atoms with Crippen LogP contribution in [0.15, 0.2) is 12.1 Å². The second-order valence-corrected chi connectivity index (χ2v) is 3.58. The van der Waals surface area contributed by atoms with E-state index in [4.69, 9.17) is 11.5 Å². The van der Waals surface area contributed by atoms with E-state index in [0.29, 0.717) is 0 Å². The molecule has 13 heavy (non-hydrogen) atoms. The summed E-state index contributed by atoms with van der Waals surface area (Å²) in [4.78, 5) is 14.9. The quantitative estimate of drug-likeness (QED) is 0.676. The van der Waals surface area contributed by atoms with E-state index < -0.39 is 5.97 Å². The lowest BCUT2D eigenvalue weighted by atomic mass is 10.3. The first-order chi connectivity index (χ1) is 6.20. The summed E-state index contributed by atoms with van der Waals surface area (Å²) in [6.07, 6.45) is 5.20. The summed E-state index contributed by atoms with van der Waals surface area (Å²) in [7, 11) is 0. The molecule has 2 N–H and O–H groups in total. The second kappa shape index (κ2) is 2.64. The molecule has 0 saturated heterocycles. The van der Waals surface area contributed by atoms with Crippen LogP contribution in [0.25, 0.3) is 10.2 Å². The van der Waals surface area contributed by atoms with Gasteiger partial charge in [-0.1, -0.05) is 5.92 Å². The van der Waals surface area contributed by atoms with E-state index in [2.05, 4.69) is 10.9 Å². The van der Waals surface area contributed by atoms with E-state index in [0.717, 1.165) is 15.1 Å². The van der Waals surface area contributed by atoms with Crippen LogP contribution in [0, 0.1) is 12.3 Å². The summed E-state index contributed by atoms with van der Waals surface area (Å²) in [5.41, 5.74) is 0.199. The van der Waals surface area contributed by atoms with Gasteiger partial charge in [0.25, 0.3) is 0 Å². The molecule has 0 fully saturated rings. The molecule has 0 aliphatic heterocycles. The fraction of sp³-hybridized carbons (Fsp3) is 0. The van der Waals surface area contributed by atoms with E-state index in [1.165, 1.54) is 11.3 Å². The molecule has 0 spiro atoms. The first kappa shape index (κ1) is 7.90. The van der Waals surface area contributed by atoms with Crippen LogP contribution >= 0.6 is 11.3 Å². The van der Waals surface area contributed by atoms with Gasteiger partial charge in [-0.05, 0) is 12.1 Å². The maximum atomic E-state index is 10.6. The summed E-state index contributed by atoms with van der Waals surface area (Å²) in [5.74, 6) is 1.55. The Morgan fingerprint density at radius 1 is 1.62 bits per heavy atom. The minimum Gasteiger partial charge on any atom is -0.477 e. The molecule has 3 nitrogen and oxygen atoms in total. The van der Waals surface area contributed by atoms with Crippen molar-refractivity contribution in [3.05, 3.63) is 22.7 Å². The van der Waals surface area contributed by atoms with Crippen LogP contribution in [0.3, 0.4) is 0 Å². The van der Waals surface area contributed by atoms with Gasteiger partial charge < -0.3 is 10.1 Å². The molecule has 0 unspecified atom stereocenters. The highest BCUT2D eigenvalue weighted by Gasteiger charge is 2.09. The number of hydrogen-bond donors (Lipinski definition) is 2. The number of aromatic carboxylic acids is 1. The number of thiophene rings is 1. The van der Waals surface area contributed by atoms with Gasteiger partial charge in [-0.15, -0.1) is 17.8 Å². The van der Waals surface area contributed by atoms with E-state index in [9.17, 15) is 4.79 Å². The van der Waals surface area contributed by atoms with E-state index in [1.54, 1.807) is 12.1 Å². The number of aromatic amines is 1. The Morgan fingerprint density at radius 3 is 2.92 bits per heavy atom. The van der Waals surface area contributed by atoms with Crippen molar-refractivity contribution in [2.75, 3.05) is 0 Å². The number of aromatic nitrogens is 1. The predicted molar refractivity (Wildman–Crippen MR) is 51.1 cm³/mol. The number of terminal acetylenes is 1. The standard InChI is InChI=1S/C9H5NO2S/c1-2-6-3-5-4-7(9(11)12)10-8(5)13-6/h1,3-4,10H,(H,11,12). The van der Waals surface area contributed by atoms with Crippen molar-refractivity contribution in [1.29, 1.82) is 0 Å². The average Bonchev–Trinajstić information content (AvgIpc) is 2.58. The molecule has 0 amide bonds. The second-order valence-electron chi connectivity index (χ2n) is 2.53. The van der Waals surface area contributed by atoms with Crippen LogP contribution in [0.2, 0.25) is 0 Å². The number of rotatable bonds is 1. The largest absolute Gasteiger partial charge is 0.477 e. The predicted octanol–water partition coefficient (Wildman–Crippen LogP) is 1.91. The summed E-state index contributed by atoms with van der Waals surface area (Å²) >= 11 is 1.38. The van der Waals surface area contributed by atoms with Crippen molar-refractivity contribution in [3.63, 3.8) is 0 Å². The number of carboxylic acids is 1. The molecule has 2 heterocycles. The van der Waals surface area contributed by atoms with Gasteiger partial charge in [-0.2, -0.15) is 0 Å². The molecule has 0 aromatic carbocycles. The van der Waals surface area contributed by atoms with Crippen molar-refractivity contribution in [3.8, 4) is 12.3 Å². The van der Waals surface area contributed by atoms with E-state index >= 15 is 0 Å². The SMILES string of the molecule is C#Cc1cc2cc(C(=O)O)[nH]c2s1. The number of H-pyrrole nitrogens is 1. The Morgan fingerprint density at radius 2 is 2.38 bits per heavy atom. The van der Waals surface area contributed by atoms with Crippen molar-refractivity contribution in [1.82, 2.24) is 4.98 Å². The third-order valence-electron chi connectivity index (χ3n) is 1.68. The molecule has 0 atom stereocenters. The van der Waals surface area contributed by atoms with Gasteiger partial charge in [0.15, 0.2) is 0 Å². The Kier molecular flexibility index (Phi) is 1.61. The molecular weight excluding hydrogens is 186 g/mol. The fourth-order valence-electron chi connectivity index (χ4n) is 1.11. The molecule has 2 aromatic rings. The lowest BCUT2D eigenvalue weighted by Crippen LogP contribution is -1.94. The number of nitrogens with one attached hydrogen (secondary N) is 1. The van der Waals surface area contributed by atoms with Crippen molar-refractivity contribution < 1.29 is 9.90 Å². The van der Waals surface area contributed by atoms with Gasteiger partial charge in [-0.3, -0.25) is 0 Å². The lowest BCUT2D eigenvalue weighted by Gasteiger charge is -1.83. The Hall–Kier alpha value is -1.73. The summed E-state index contributed by atoms with van der Waals surface area (Å²) in [5, 5.41) is 9.52. The van der Waals surface area contributed by atoms with Crippen LogP contribution in [0.5, 0.6) is 0 Å². The molecule has 0 aliphatic rings. The van der Waals surface area contributed by atoms with Crippen LogP contribution in [-0.2, 0) is 0 Å². The van der Waals surface area contributed by atoms with Crippen LogP contribution < -0.4 is 0 Å². The highest BCUT2D eigenvalue weighted by atomic mass is 32.1. The molecule has 0 aliphatic carbocycles. The zero-order valence-electron chi connectivity index (χ0n) is 6.50. The van der Waals surface area contributed by atoms with Crippen molar-refractivity contribution >= 4 is 27.5 Å². The molecule has 2 aromatic heterocycles. The molecule has 64 valence electrons. The molecule has 0 bridgehead atoms. The Balaban J connectivity index is 2.62. The average molecular weight is 191 g/mol. The first-order valence-corrected chi connectivity index (χ1v) is 4.35. The van der Waals surface area contributed by atoms with Gasteiger partial charge in [0, 0.05) is 5.39 Å². The molecule has 0 saturated carbocycles. The van der Waals surface area contributed by atoms with E-state index in [1.807, 2.05) is 0 Å². The summed E-state index contributed by atoms with van der Waals surface area (Å²) in [6.45, 7) is 0. The van der Waals surface area contributed by atoms with Crippen molar-refractivity contribution in [2.24, 2.45) is 0 Å². The molecule has 0 radical (unpaired) electrons. The number of hydrogen-bond acceptors (Lipinski definition) is 2. The summed E-state index contributed by atoms with van der Waals surface area (Å²) < 4.78 is 0. The third kappa shape index (κ3) is 1.19. The monoisotopic (exact) mass is 191 g/mol. The minimum atomic E-state index is -0.953.